The summed E-state index contributed by atoms with van der Waals surface area (Å²) in [6.07, 6.45) is 1.16. The summed E-state index contributed by atoms with van der Waals surface area (Å²) in [5.41, 5.74) is -0.873. The largest absolute Gasteiger partial charge is 0.508 e. The highest BCUT2D eigenvalue weighted by Gasteiger charge is 2.53. The van der Waals surface area contributed by atoms with E-state index < -0.39 is 28.9 Å². The number of carboxylic acid groups (broad SMARTS) is 1. The Morgan fingerprint density at radius 3 is 2.29 bits per heavy atom. The van der Waals surface area contributed by atoms with Gasteiger partial charge in [0.1, 0.15) is 11.8 Å². The lowest BCUT2D eigenvalue weighted by Crippen LogP contribution is -2.50. The summed E-state index contributed by atoms with van der Waals surface area (Å²) in [6.45, 7) is 5.38. The third-order valence-electron chi connectivity index (χ3n) is 5.49. The molecule has 0 saturated heterocycles. The maximum atomic E-state index is 12.6. The molecule has 4 N–H and O–H groups in total. The standard InChI is InChI=1S/C18H25NO5/c1-17(2)13(8-9-18(17,3)24)15(21)19-14(16(22)23)10-11-4-6-12(20)7-5-11/h4-7,13-14,20,24H,8-10H2,1-3H3,(H,19,21)(H,22,23). The molecule has 2 rings (SSSR count). The molecule has 1 aromatic rings. The molecule has 1 aromatic carbocycles. The molecule has 6 nitrogen and oxygen atoms in total. The number of aliphatic hydroxyl groups is 1. The minimum atomic E-state index is -1.11. The van der Waals surface area contributed by atoms with Crippen molar-refractivity contribution in [1.29, 1.82) is 0 Å². The van der Waals surface area contributed by atoms with Crippen LogP contribution in [0.15, 0.2) is 24.3 Å². The van der Waals surface area contributed by atoms with Crippen molar-refractivity contribution in [3.8, 4) is 5.75 Å². The van der Waals surface area contributed by atoms with E-state index in [0.29, 0.717) is 18.4 Å². The Balaban J connectivity index is 2.09. The van der Waals surface area contributed by atoms with Crippen LogP contribution in [0.4, 0.5) is 0 Å². The smallest absolute Gasteiger partial charge is 0.326 e. The summed E-state index contributed by atoms with van der Waals surface area (Å²) in [6, 6.07) is 5.16. The summed E-state index contributed by atoms with van der Waals surface area (Å²) < 4.78 is 0. The van der Waals surface area contributed by atoms with E-state index in [4.69, 9.17) is 0 Å². The van der Waals surface area contributed by atoms with Crippen molar-refractivity contribution in [3.05, 3.63) is 29.8 Å². The Morgan fingerprint density at radius 1 is 1.25 bits per heavy atom. The lowest BCUT2D eigenvalue weighted by molar-refractivity contribution is -0.144. The molecule has 24 heavy (non-hydrogen) atoms. The van der Waals surface area contributed by atoms with Crippen LogP contribution < -0.4 is 5.32 Å². The van der Waals surface area contributed by atoms with Crippen LogP contribution in [0.5, 0.6) is 5.75 Å². The van der Waals surface area contributed by atoms with Crippen LogP contribution >= 0.6 is 0 Å². The van der Waals surface area contributed by atoms with Gasteiger partial charge in [-0.2, -0.15) is 0 Å². The number of benzene rings is 1. The van der Waals surface area contributed by atoms with Crippen molar-refractivity contribution in [2.24, 2.45) is 11.3 Å². The fourth-order valence-electron chi connectivity index (χ4n) is 3.28. The first-order valence-corrected chi connectivity index (χ1v) is 8.08. The second kappa shape index (κ2) is 6.43. The van der Waals surface area contributed by atoms with Gasteiger partial charge in [0, 0.05) is 17.8 Å². The zero-order valence-electron chi connectivity index (χ0n) is 14.2. The van der Waals surface area contributed by atoms with Crippen LogP contribution in [0, 0.1) is 11.3 Å². The van der Waals surface area contributed by atoms with Crippen molar-refractivity contribution in [1.82, 2.24) is 5.32 Å². The number of carboxylic acids is 1. The van der Waals surface area contributed by atoms with E-state index >= 15 is 0 Å². The minimum Gasteiger partial charge on any atom is -0.508 e. The van der Waals surface area contributed by atoms with Gasteiger partial charge in [-0.25, -0.2) is 4.79 Å². The monoisotopic (exact) mass is 335 g/mol. The summed E-state index contributed by atoms with van der Waals surface area (Å²) >= 11 is 0. The number of amides is 1. The van der Waals surface area contributed by atoms with Gasteiger partial charge in [0.2, 0.25) is 5.91 Å². The van der Waals surface area contributed by atoms with Gasteiger partial charge in [-0.15, -0.1) is 0 Å². The molecule has 1 aliphatic rings. The van der Waals surface area contributed by atoms with E-state index in [1.165, 1.54) is 12.1 Å². The normalized spacial score (nSPS) is 26.8. The third kappa shape index (κ3) is 3.53. The number of carbonyl (C=O) groups is 2. The van der Waals surface area contributed by atoms with Gasteiger partial charge in [-0.1, -0.05) is 26.0 Å². The molecule has 0 heterocycles. The fourth-order valence-corrected chi connectivity index (χ4v) is 3.28. The fraction of sp³-hybridized carbons (Fsp3) is 0.556. The van der Waals surface area contributed by atoms with Gasteiger partial charge in [0.15, 0.2) is 0 Å². The summed E-state index contributed by atoms with van der Waals surface area (Å²) in [5, 5.41) is 31.7. The van der Waals surface area contributed by atoms with Crippen LogP contribution in [0.25, 0.3) is 0 Å². The van der Waals surface area contributed by atoms with E-state index in [-0.39, 0.29) is 18.1 Å². The van der Waals surface area contributed by atoms with Crippen molar-refractivity contribution >= 4 is 11.9 Å². The van der Waals surface area contributed by atoms with Gasteiger partial charge in [-0.05, 0) is 37.5 Å². The Morgan fingerprint density at radius 2 is 1.83 bits per heavy atom. The highest BCUT2D eigenvalue weighted by Crippen LogP contribution is 2.50. The average molecular weight is 335 g/mol. The first-order chi connectivity index (χ1) is 11.0. The highest BCUT2D eigenvalue weighted by molar-refractivity contribution is 5.86. The van der Waals surface area contributed by atoms with Crippen molar-refractivity contribution < 1.29 is 24.9 Å². The lowest BCUT2D eigenvalue weighted by atomic mass is 9.73. The van der Waals surface area contributed by atoms with Gasteiger partial charge in [-0.3, -0.25) is 4.79 Å². The molecule has 0 aliphatic heterocycles. The summed E-state index contributed by atoms with van der Waals surface area (Å²) in [7, 11) is 0. The molecule has 3 unspecified atom stereocenters. The second-order valence-corrected chi connectivity index (χ2v) is 7.36. The first kappa shape index (κ1) is 18.3. The predicted octanol–water partition coefficient (Wildman–Crippen LogP) is 1.69. The van der Waals surface area contributed by atoms with Crippen LogP contribution in [-0.2, 0) is 16.0 Å². The molecule has 1 aliphatic carbocycles. The first-order valence-electron chi connectivity index (χ1n) is 8.08. The number of carbonyl (C=O) groups excluding carboxylic acids is 1. The van der Waals surface area contributed by atoms with Gasteiger partial charge in [0.25, 0.3) is 0 Å². The molecule has 6 heteroatoms. The average Bonchev–Trinajstić information content (AvgIpc) is 2.69. The molecule has 0 spiro atoms. The zero-order valence-corrected chi connectivity index (χ0v) is 14.2. The zero-order chi connectivity index (χ0) is 18.1. The maximum Gasteiger partial charge on any atom is 0.326 e. The number of aromatic hydroxyl groups is 1. The minimum absolute atomic E-state index is 0.101. The number of hydrogen-bond acceptors (Lipinski definition) is 4. The van der Waals surface area contributed by atoms with Crippen LogP contribution in [-0.4, -0.2) is 38.8 Å². The lowest BCUT2D eigenvalue weighted by Gasteiger charge is -2.37. The quantitative estimate of drug-likeness (QED) is 0.655. The topological polar surface area (TPSA) is 107 Å². The van der Waals surface area contributed by atoms with Crippen LogP contribution in [0.2, 0.25) is 0 Å². The SMILES string of the molecule is CC1(O)CCC(C(=O)NC(Cc2ccc(O)cc2)C(=O)O)C1(C)C. The Labute approximate surface area is 141 Å². The molecule has 0 radical (unpaired) electrons. The highest BCUT2D eigenvalue weighted by atomic mass is 16.4. The number of aliphatic carboxylic acids is 1. The predicted molar refractivity (Wildman–Crippen MR) is 88.5 cm³/mol. The third-order valence-corrected chi connectivity index (χ3v) is 5.49. The van der Waals surface area contributed by atoms with E-state index in [0.717, 1.165) is 0 Å². The van der Waals surface area contributed by atoms with Crippen molar-refractivity contribution in [2.75, 3.05) is 0 Å². The second-order valence-electron chi connectivity index (χ2n) is 7.36. The Bertz CT molecular complexity index is 621. The van der Waals surface area contributed by atoms with Crippen LogP contribution in [0.3, 0.4) is 0 Å². The molecular formula is C18H25NO5. The maximum absolute atomic E-state index is 12.6. The van der Waals surface area contributed by atoms with Crippen molar-refractivity contribution in [2.45, 2.75) is 51.7 Å². The summed E-state index contributed by atoms with van der Waals surface area (Å²) in [5.74, 6) is -1.79. The Hall–Kier alpha value is -2.08. The molecular weight excluding hydrogens is 310 g/mol. The molecule has 0 aromatic heterocycles. The molecule has 1 saturated carbocycles. The van der Waals surface area contributed by atoms with Gasteiger partial charge in [0.05, 0.1) is 5.60 Å². The molecule has 1 amide bonds. The summed E-state index contributed by atoms with van der Waals surface area (Å²) in [4.78, 5) is 24.1. The van der Waals surface area contributed by atoms with Gasteiger partial charge < -0.3 is 20.6 Å². The Kier molecular flexibility index (Phi) is 4.90. The molecule has 132 valence electrons. The molecule has 3 atom stereocenters. The van der Waals surface area contributed by atoms with Crippen molar-refractivity contribution in [3.63, 3.8) is 0 Å². The van der Waals surface area contributed by atoms with E-state index in [9.17, 15) is 24.9 Å². The number of nitrogens with one attached hydrogen (secondary N) is 1. The van der Waals surface area contributed by atoms with E-state index in [1.54, 1.807) is 19.1 Å². The number of rotatable bonds is 5. The van der Waals surface area contributed by atoms with E-state index in [2.05, 4.69) is 5.32 Å². The van der Waals surface area contributed by atoms with Crippen LogP contribution in [0.1, 0.15) is 39.2 Å². The number of phenolic OH excluding ortho intramolecular Hbond substituents is 1. The van der Waals surface area contributed by atoms with E-state index in [1.807, 2.05) is 13.8 Å². The number of hydrogen-bond donors (Lipinski definition) is 4. The molecule has 1 fully saturated rings. The van der Waals surface area contributed by atoms with Gasteiger partial charge >= 0.3 is 5.97 Å². The number of phenols is 1. The molecule has 0 bridgehead atoms.